The van der Waals surface area contributed by atoms with Gasteiger partial charge in [0.05, 0.1) is 18.2 Å². The summed E-state index contributed by atoms with van der Waals surface area (Å²) in [5.74, 6) is -0.948. The van der Waals surface area contributed by atoms with Gasteiger partial charge in [0.1, 0.15) is 9.88 Å². The molecule has 5 nitrogen and oxygen atoms in total. The second-order valence-corrected chi connectivity index (χ2v) is 5.10. The zero-order valence-electron chi connectivity index (χ0n) is 10.1. The van der Waals surface area contributed by atoms with Gasteiger partial charge in [0.25, 0.3) is 0 Å². The predicted molar refractivity (Wildman–Crippen MR) is 70.6 cm³/mol. The number of aromatic nitrogens is 3. The van der Waals surface area contributed by atoms with Crippen LogP contribution in [0.2, 0.25) is 0 Å². The number of rotatable bonds is 4. The molecule has 0 amide bonds. The zero-order valence-corrected chi connectivity index (χ0v) is 10.9. The van der Waals surface area contributed by atoms with Crippen LogP contribution in [0.1, 0.15) is 40.3 Å². The molecule has 2 rings (SSSR count). The van der Waals surface area contributed by atoms with Gasteiger partial charge in [0, 0.05) is 12.2 Å². The Balaban J connectivity index is 2.11. The van der Waals surface area contributed by atoms with E-state index in [9.17, 15) is 4.79 Å². The molecule has 0 spiro atoms. The average Bonchev–Trinajstić information content (AvgIpc) is 2.95. The van der Waals surface area contributed by atoms with E-state index < -0.39 is 5.97 Å². The molecule has 0 aliphatic heterocycles. The first-order chi connectivity index (χ1) is 8.56. The summed E-state index contributed by atoms with van der Waals surface area (Å²) in [6.07, 6.45) is 8.66. The van der Waals surface area contributed by atoms with Gasteiger partial charge < -0.3 is 9.67 Å². The van der Waals surface area contributed by atoms with Crippen molar-refractivity contribution in [2.45, 2.75) is 19.9 Å². The van der Waals surface area contributed by atoms with E-state index in [0.29, 0.717) is 11.0 Å². The third kappa shape index (κ3) is 2.84. The normalized spacial score (nSPS) is 11.5. The van der Waals surface area contributed by atoms with Crippen molar-refractivity contribution in [1.29, 1.82) is 0 Å². The number of carboxylic acids is 1. The van der Waals surface area contributed by atoms with Gasteiger partial charge in [-0.2, -0.15) is 0 Å². The van der Waals surface area contributed by atoms with E-state index in [1.165, 1.54) is 6.20 Å². The first-order valence-corrected chi connectivity index (χ1v) is 6.28. The van der Waals surface area contributed by atoms with E-state index in [0.717, 1.165) is 17.0 Å². The van der Waals surface area contributed by atoms with Gasteiger partial charge in [-0.25, -0.2) is 14.8 Å². The Morgan fingerprint density at radius 2 is 2.22 bits per heavy atom. The van der Waals surface area contributed by atoms with Crippen molar-refractivity contribution in [2.75, 3.05) is 0 Å². The average molecular weight is 263 g/mol. The Kier molecular flexibility index (Phi) is 3.57. The van der Waals surface area contributed by atoms with Crippen molar-refractivity contribution in [3.8, 4) is 0 Å². The van der Waals surface area contributed by atoms with Crippen LogP contribution in [0.5, 0.6) is 0 Å². The minimum absolute atomic E-state index is 0.238. The van der Waals surface area contributed by atoms with Gasteiger partial charge in [-0.15, -0.1) is 11.3 Å². The van der Waals surface area contributed by atoms with E-state index >= 15 is 0 Å². The highest BCUT2D eigenvalue weighted by Gasteiger charge is 2.06. The van der Waals surface area contributed by atoms with E-state index in [4.69, 9.17) is 5.11 Å². The number of hydrogen-bond donors (Lipinski definition) is 1. The van der Waals surface area contributed by atoms with Crippen molar-refractivity contribution in [2.24, 2.45) is 0 Å². The van der Waals surface area contributed by atoms with Crippen LogP contribution in [0, 0.1) is 0 Å². The molecular weight excluding hydrogens is 250 g/mol. The van der Waals surface area contributed by atoms with Crippen LogP contribution in [0.3, 0.4) is 0 Å². The lowest BCUT2D eigenvalue weighted by Crippen LogP contribution is -1.95. The minimum atomic E-state index is -0.948. The SMILES string of the molecule is CC(C)n1cnc(/C=C/c2ncc(C(=O)O)s2)c1. The fraction of sp³-hybridized carbons (Fsp3) is 0.250. The second-order valence-electron chi connectivity index (χ2n) is 4.04. The highest BCUT2D eigenvalue weighted by molar-refractivity contribution is 7.14. The third-order valence-corrected chi connectivity index (χ3v) is 3.30. The molecule has 0 saturated heterocycles. The smallest absolute Gasteiger partial charge is 0.347 e. The molecule has 0 unspecified atom stereocenters. The molecule has 0 aliphatic rings. The van der Waals surface area contributed by atoms with Crippen LogP contribution in [0.25, 0.3) is 12.2 Å². The Morgan fingerprint density at radius 1 is 1.44 bits per heavy atom. The lowest BCUT2D eigenvalue weighted by Gasteiger charge is -2.03. The van der Waals surface area contributed by atoms with Crippen molar-refractivity contribution < 1.29 is 9.90 Å². The van der Waals surface area contributed by atoms with Gasteiger partial charge in [-0.3, -0.25) is 0 Å². The van der Waals surface area contributed by atoms with E-state index in [2.05, 4.69) is 23.8 Å². The number of imidazole rings is 1. The molecule has 0 aromatic carbocycles. The van der Waals surface area contributed by atoms with Crippen LogP contribution in [0.15, 0.2) is 18.7 Å². The molecule has 2 aromatic heterocycles. The van der Waals surface area contributed by atoms with Gasteiger partial charge >= 0.3 is 5.97 Å². The number of hydrogen-bond acceptors (Lipinski definition) is 4. The monoisotopic (exact) mass is 263 g/mol. The molecule has 0 atom stereocenters. The summed E-state index contributed by atoms with van der Waals surface area (Å²) in [6.45, 7) is 4.16. The third-order valence-electron chi connectivity index (χ3n) is 2.35. The molecular formula is C12H13N3O2S. The van der Waals surface area contributed by atoms with Crippen molar-refractivity contribution in [3.05, 3.63) is 34.3 Å². The summed E-state index contributed by atoms with van der Waals surface area (Å²) in [4.78, 5) is 19.2. The Bertz CT molecular complexity index is 584. The van der Waals surface area contributed by atoms with Crippen LogP contribution >= 0.6 is 11.3 Å². The standard InChI is InChI=1S/C12H13N3O2S/c1-8(2)15-6-9(14-7-15)3-4-11-13-5-10(18-11)12(16)17/h3-8H,1-2H3,(H,16,17)/b4-3+. The van der Waals surface area contributed by atoms with Crippen molar-refractivity contribution in [1.82, 2.24) is 14.5 Å². The van der Waals surface area contributed by atoms with Crippen molar-refractivity contribution in [3.63, 3.8) is 0 Å². The summed E-state index contributed by atoms with van der Waals surface area (Å²) in [6, 6.07) is 0.373. The van der Waals surface area contributed by atoms with Crippen molar-refractivity contribution >= 4 is 29.5 Å². The summed E-state index contributed by atoms with van der Waals surface area (Å²) in [7, 11) is 0. The number of carboxylic acid groups (broad SMARTS) is 1. The summed E-state index contributed by atoms with van der Waals surface area (Å²) in [5, 5.41) is 9.44. The number of aromatic carboxylic acids is 1. The lowest BCUT2D eigenvalue weighted by molar-refractivity contribution is 0.0702. The summed E-state index contributed by atoms with van der Waals surface area (Å²) < 4.78 is 2.00. The molecule has 0 radical (unpaired) electrons. The summed E-state index contributed by atoms with van der Waals surface area (Å²) >= 11 is 1.14. The Morgan fingerprint density at radius 3 is 2.78 bits per heavy atom. The first kappa shape index (κ1) is 12.5. The van der Waals surface area contributed by atoms with Crippen LogP contribution in [-0.2, 0) is 0 Å². The van der Waals surface area contributed by atoms with E-state index in [1.807, 2.05) is 16.8 Å². The van der Waals surface area contributed by atoms with E-state index in [1.54, 1.807) is 12.4 Å². The molecule has 18 heavy (non-hydrogen) atoms. The van der Waals surface area contributed by atoms with E-state index in [-0.39, 0.29) is 4.88 Å². The lowest BCUT2D eigenvalue weighted by atomic mass is 10.4. The molecule has 0 saturated carbocycles. The highest BCUT2D eigenvalue weighted by atomic mass is 32.1. The molecule has 0 aliphatic carbocycles. The maximum absolute atomic E-state index is 10.7. The number of thiazole rings is 1. The Hall–Kier alpha value is -1.95. The number of carbonyl (C=O) groups is 1. The molecule has 2 heterocycles. The second kappa shape index (κ2) is 5.14. The minimum Gasteiger partial charge on any atom is -0.477 e. The van der Waals surface area contributed by atoms with Crippen LogP contribution in [-0.4, -0.2) is 25.6 Å². The predicted octanol–water partition coefficient (Wildman–Crippen LogP) is 2.79. The molecule has 94 valence electrons. The maximum Gasteiger partial charge on any atom is 0.347 e. The maximum atomic E-state index is 10.7. The Labute approximate surface area is 108 Å². The van der Waals surface area contributed by atoms with Crippen LogP contribution < -0.4 is 0 Å². The van der Waals surface area contributed by atoms with Gasteiger partial charge in [-0.1, -0.05) is 0 Å². The van der Waals surface area contributed by atoms with Crippen LogP contribution in [0.4, 0.5) is 0 Å². The first-order valence-electron chi connectivity index (χ1n) is 5.47. The largest absolute Gasteiger partial charge is 0.477 e. The highest BCUT2D eigenvalue weighted by Crippen LogP contribution is 2.16. The topological polar surface area (TPSA) is 68.0 Å². The molecule has 2 aromatic rings. The number of nitrogens with zero attached hydrogens (tertiary/aromatic N) is 3. The molecule has 6 heteroatoms. The quantitative estimate of drug-likeness (QED) is 0.921. The molecule has 1 N–H and O–H groups in total. The van der Waals surface area contributed by atoms with Gasteiger partial charge in [0.2, 0.25) is 0 Å². The summed E-state index contributed by atoms with van der Waals surface area (Å²) in [5.41, 5.74) is 0.829. The zero-order chi connectivity index (χ0) is 13.1. The molecule has 0 fully saturated rings. The fourth-order valence-electron chi connectivity index (χ4n) is 1.34. The fourth-order valence-corrected chi connectivity index (χ4v) is 2.00. The van der Waals surface area contributed by atoms with Gasteiger partial charge in [0.15, 0.2) is 0 Å². The van der Waals surface area contributed by atoms with Gasteiger partial charge in [-0.05, 0) is 26.0 Å². The molecule has 0 bridgehead atoms.